The first-order valence-electron chi connectivity index (χ1n) is 5.23. The molecule has 1 aromatic carbocycles. The van der Waals surface area contributed by atoms with Crippen LogP contribution in [-0.4, -0.2) is 27.3 Å². The van der Waals surface area contributed by atoms with Gasteiger partial charge in [-0.1, -0.05) is 11.6 Å². The maximum absolute atomic E-state index is 12.4. The van der Waals surface area contributed by atoms with E-state index in [2.05, 4.69) is 15.0 Å². The summed E-state index contributed by atoms with van der Waals surface area (Å²) in [6, 6.07) is 5.91. The van der Waals surface area contributed by atoms with Gasteiger partial charge in [-0.3, -0.25) is 0 Å². The van der Waals surface area contributed by atoms with Crippen molar-refractivity contribution < 1.29 is 8.42 Å². The maximum Gasteiger partial charge on any atom is 0.269 e. The van der Waals surface area contributed by atoms with Crippen LogP contribution in [0.4, 0.5) is 0 Å². The molecule has 0 aliphatic heterocycles. The summed E-state index contributed by atoms with van der Waals surface area (Å²) in [5, 5.41) is 0.470. The van der Waals surface area contributed by atoms with Crippen LogP contribution in [0.1, 0.15) is 0 Å². The van der Waals surface area contributed by atoms with E-state index in [4.69, 9.17) is 11.6 Å². The van der Waals surface area contributed by atoms with Crippen molar-refractivity contribution in [1.29, 1.82) is 0 Å². The zero-order chi connectivity index (χ0) is 13.5. The lowest BCUT2D eigenvalue weighted by atomic mass is 10.4. The number of hydrogen-bond acceptors (Lipinski definition) is 5. The van der Waals surface area contributed by atoms with E-state index < -0.39 is 10.0 Å². The first kappa shape index (κ1) is 12.1. The topological polar surface area (TPSA) is 77.7 Å². The predicted molar refractivity (Wildman–Crippen MR) is 69.4 cm³/mol. The van der Waals surface area contributed by atoms with Crippen LogP contribution in [0.15, 0.2) is 48.0 Å². The molecule has 8 heteroatoms. The van der Waals surface area contributed by atoms with Gasteiger partial charge in [0.1, 0.15) is 18.2 Å². The fourth-order valence-electron chi connectivity index (χ4n) is 1.65. The molecule has 0 bridgehead atoms. The summed E-state index contributed by atoms with van der Waals surface area (Å²) in [6.07, 6.45) is 3.93. The summed E-state index contributed by atoms with van der Waals surface area (Å²) in [5.41, 5.74) is 0.657. The molecule has 0 atom stereocenters. The molecule has 6 nitrogen and oxygen atoms in total. The zero-order valence-electron chi connectivity index (χ0n) is 9.43. The molecule has 0 fully saturated rings. The third kappa shape index (κ3) is 1.96. The average Bonchev–Trinajstić information content (AvgIpc) is 2.83. The molecule has 0 saturated heterocycles. The van der Waals surface area contributed by atoms with Crippen LogP contribution < -0.4 is 0 Å². The highest BCUT2D eigenvalue weighted by molar-refractivity contribution is 7.90. The van der Waals surface area contributed by atoms with Gasteiger partial charge in [0.15, 0.2) is 5.65 Å². The molecule has 0 saturated carbocycles. The van der Waals surface area contributed by atoms with Crippen molar-refractivity contribution in [1.82, 2.24) is 18.9 Å². The van der Waals surface area contributed by atoms with Crippen LogP contribution in [0.5, 0.6) is 0 Å². The smallest absolute Gasteiger partial charge is 0.242 e. The largest absolute Gasteiger partial charge is 0.269 e. The molecule has 0 aliphatic carbocycles. The van der Waals surface area contributed by atoms with Crippen molar-refractivity contribution in [3.63, 3.8) is 0 Å². The molecule has 0 amide bonds. The van der Waals surface area contributed by atoms with E-state index in [1.807, 2.05) is 0 Å². The molecule has 0 radical (unpaired) electrons. The third-order valence-electron chi connectivity index (χ3n) is 2.57. The van der Waals surface area contributed by atoms with Gasteiger partial charge in [0.05, 0.1) is 11.1 Å². The summed E-state index contributed by atoms with van der Waals surface area (Å²) in [5.74, 6) is 0. The monoisotopic (exact) mass is 294 g/mol. The molecule has 0 N–H and O–H groups in total. The van der Waals surface area contributed by atoms with Crippen molar-refractivity contribution in [3.05, 3.63) is 48.1 Å². The number of hydrogen-bond donors (Lipinski definition) is 0. The van der Waals surface area contributed by atoms with Gasteiger partial charge in [-0.25, -0.2) is 27.3 Å². The van der Waals surface area contributed by atoms with Crippen LogP contribution in [0.2, 0.25) is 5.02 Å². The van der Waals surface area contributed by atoms with Crippen molar-refractivity contribution in [2.24, 2.45) is 0 Å². The molecular weight excluding hydrogens is 288 g/mol. The van der Waals surface area contributed by atoms with E-state index in [0.717, 1.165) is 3.97 Å². The van der Waals surface area contributed by atoms with Crippen molar-refractivity contribution >= 4 is 32.8 Å². The summed E-state index contributed by atoms with van der Waals surface area (Å²) < 4.78 is 25.9. The Balaban J connectivity index is 2.22. The Bertz CT molecular complexity index is 843. The molecule has 0 spiro atoms. The van der Waals surface area contributed by atoms with Crippen molar-refractivity contribution in [2.75, 3.05) is 0 Å². The van der Waals surface area contributed by atoms with E-state index in [-0.39, 0.29) is 4.90 Å². The summed E-state index contributed by atoms with van der Waals surface area (Å²) in [6.45, 7) is 0. The Morgan fingerprint density at radius 2 is 1.84 bits per heavy atom. The Morgan fingerprint density at radius 1 is 1.11 bits per heavy atom. The molecule has 3 aromatic rings. The Hall–Kier alpha value is -1.99. The van der Waals surface area contributed by atoms with E-state index >= 15 is 0 Å². The number of nitrogens with zero attached hydrogens (tertiary/aromatic N) is 4. The first-order valence-corrected chi connectivity index (χ1v) is 7.05. The number of rotatable bonds is 2. The molecule has 2 aromatic heterocycles. The number of benzene rings is 1. The lowest BCUT2D eigenvalue weighted by Crippen LogP contribution is -2.11. The average molecular weight is 295 g/mol. The lowest BCUT2D eigenvalue weighted by Gasteiger charge is -2.05. The Morgan fingerprint density at radius 3 is 2.58 bits per heavy atom. The number of imidazole rings is 1. The van der Waals surface area contributed by atoms with Gasteiger partial charge >= 0.3 is 0 Å². The quantitative estimate of drug-likeness (QED) is 0.719. The second-order valence-corrected chi connectivity index (χ2v) is 5.98. The van der Waals surface area contributed by atoms with Gasteiger partial charge < -0.3 is 0 Å². The highest BCUT2D eigenvalue weighted by Gasteiger charge is 2.19. The Kier molecular flexibility index (Phi) is 2.72. The van der Waals surface area contributed by atoms with Crippen molar-refractivity contribution in [2.45, 2.75) is 4.90 Å². The molecule has 3 rings (SSSR count). The van der Waals surface area contributed by atoms with Crippen LogP contribution in [0, 0.1) is 0 Å². The maximum atomic E-state index is 12.4. The highest BCUT2D eigenvalue weighted by Crippen LogP contribution is 2.20. The first-order chi connectivity index (χ1) is 9.09. The van der Waals surface area contributed by atoms with Gasteiger partial charge in [-0.2, -0.15) is 0 Å². The van der Waals surface area contributed by atoms with E-state index in [1.54, 1.807) is 0 Å². The van der Waals surface area contributed by atoms with Crippen LogP contribution in [0.3, 0.4) is 0 Å². The van der Waals surface area contributed by atoms with Gasteiger partial charge in [0, 0.05) is 5.02 Å². The minimum Gasteiger partial charge on any atom is -0.242 e. The summed E-state index contributed by atoms with van der Waals surface area (Å²) in [7, 11) is -3.72. The minimum atomic E-state index is -3.72. The number of aromatic nitrogens is 4. The zero-order valence-corrected chi connectivity index (χ0v) is 11.0. The molecule has 0 unspecified atom stereocenters. The van der Waals surface area contributed by atoms with Gasteiger partial charge in [0.2, 0.25) is 0 Å². The van der Waals surface area contributed by atoms with Crippen LogP contribution in [-0.2, 0) is 10.0 Å². The molecule has 19 heavy (non-hydrogen) atoms. The fraction of sp³-hybridized carbons (Fsp3) is 0. The standard InChI is InChI=1S/C11H7ClN4O2S/c12-8-1-3-9(4-2-8)19(17,18)16-7-15-11-10(16)5-13-6-14-11/h1-7H. The van der Waals surface area contributed by atoms with Gasteiger partial charge in [-0.05, 0) is 24.3 Å². The Labute approximate surface area is 113 Å². The molecular formula is C11H7ClN4O2S. The molecule has 96 valence electrons. The van der Waals surface area contributed by atoms with E-state index in [0.29, 0.717) is 16.2 Å². The predicted octanol–water partition coefficient (Wildman–Crippen LogP) is 1.72. The van der Waals surface area contributed by atoms with Crippen molar-refractivity contribution in [3.8, 4) is 0 Å². The van der Waals surface area contributed by atoms with Crippen LogP contribution in [0.25, 0.3) is 11.2 Å². The SMILES string of the molecule is O=S(=O)(c1ccc(Cl)cc1)n1cnc2ncncc21. The number of halogens is 1. The summed E-state index contributed by atoms with van der Waals surface area (Å²) in [4.78, 5) is 11.8. The summed E-state index contributed by atoms with van der Waals surface area (Å²) >= 11 is 5.75. The highest BCUT2D eigenvalue weighted by atomic mass is 35.5. The second kappa shape index (κ2) is 4.29. The normalized spacial score (nSPS) is 11.8. The van der Waals surface area contributed by atoms with Crippen LogP contribution >= 0.6 is 11.6 Å². The lowest BCUT2D eigenvalue weighted by molar-refractivity contribution is 0.588. The third-order valence-corrected chi connectivity index (χ3v) is 4.49. The van der Waals surface area contributed by atoms with E-state index in [9.17, 15) is 8.42 Å². The fourth-order valence-corrected chi connectivity index (χ4v) is 3.04. The minimum absolute atomic E-state index is 0.125. The molecule has 2 heterocycles. The second-order valence-electron chi connectivity index (χ2n) is 3.73. The molecule has 0 aliphatic rings. The van der Waals surface area contributed by atoms with E-state index in [1.165, 1.54) is 43.1 Å². The number of fused-ring (bicyclic) bond motifs is 1. The van der Waals surface area contributed by atoms with Gasteiger partial charge in [0.25, 0.3) is 10.0 Å². The van der Waals surface area contributed by atoms with Gasteiger partial charge in [-0.15, -0.1) is 0 Å².